The fraction of sp³-hybridized carbons (Fsp3) is 0.818. The van der Waals surface area contributed by atoms with Gasteiger partial charge < -0.3 is 4.74 Å². The monoisotopic (exact) mass is 195 g/mol. The molecule has 78 valence electrons. The van der Waals surface area contributed by atoms with Crippen molar-refractivity contribution in [1.82, 2.24) is 0 Å². The summed E-state index contributed by atoms with van der Waals surface area (Å²) in [5.74, 6) is 0.142. The molecule has 3 heteroatoms. The smallest absolute Gasteiger partial charge is 0.302 e. The number of esters is 1. The second-order valence-corrected chi connectivity index (χ2v) is 3.91. The highest BCUT2D eigenvalue weighted by atomic mass is 16.5. The molecule has 0 N–H and O–H groups in total. The van der Waals surface area contributed by atoms with Crippen LogP contribution < -0.4 is 0 Å². The number of hydrogen-bond acceptors (Lipinski definition) is 3. The van der Waals surface area contributed by atoms with Crippen molar-refractivity contribution in [2.75, 3.05) is 0 Å². The second kappa shape index (κ2) is 5.64. The van der Waals surface area contributed by atoms with E-state index in [0.29, 0.717) is 12.3 Å². The van der Waals surface area contributed by atoms with Crippen molar-refractivity contribution in [2.24, 2.45) is 5.92 Å². The standard InChI is InChI=1S/C11H17NO2/c1-9(13)14-11(7-8-12)10-5-3-2-4-6-10/h10-11H,2-7H2,1H3. The molecule has 1 aliphatic rings. The summed E-state index contributed by atoms with van der Waals surface area (Å²) in [6.07, 6.45) is 6.04. The average molecular weight is 195 g/mol. The van der Waals surface area contributed by atoms with Crippen LogP contribution in [0.4, 0.5) is 0 Å². The van der Waals surface area contributed by atoms with Crippen LogP contribution in [0.2, 0.25) is 0 Å². The van der Waals surface area contributed by atoms with E-state index in [2.05, 4.69) is 6.07 Å². The van der Waals surface area contributed by atoms with E-state index in [1.165, 1.54) is 26.2 Å². The number of ether oxygens (including phenoxy) is 1. The van der Waals surface area contributed by atoms with Gasteiger partial charge in [0, 0.05) is 6.92 Å². The average Bonchev–Trinajstić information content (AvgIpc) is 2.18. The highest BCUT2D eigenvalue weighted by Gasteiger charge is 2.25. The molecule has 1 fully saturated rings. The molecule has 0 heterocycles. The van der Waals surface area contributed by atoms with Gasteiger partial charge >= 0.3 is 5.97 Å². The second-order valence-electron chi connectivity index (χ2n) is 3.91. The van der Waals surface area contributed by atoms with Crippen molar-refractivity contribution in [3.8, 4) is 6.07 Å². The Bertz CT molecular complexity index is 226. The Labute approximate surface area is 85.1 Å². The first-order valence-corrected chi connectivity index (χ1v) is 5.28. The molecule has 1 saturated carbocycles. The van der Waals surface area contributed by atoms with Crippen LogP contribution in [0.5, 0.6) is 0 Å². The predicted molar refractivity (Wildman–Crippen MR) is 52.4 cm³/mol. The van der Waals surface area contributed by atoms with Crippen molar-refractivity contribution >= 4 is 5.97 Å². The van der Waals surface area contributed by atoms with Gasteiger partial charge in [-0.25, -0.2) is 0 Å². The Morgan fingerprint density at radius 2 is 2.14 bits per heavy atom. The number of carbonyl (C=O) groups is 1. The van der Waals surface area contributed by atoms with Crippen LogP contribution in [0.3, 0.4) is 0 Å². The number of nitrogens with zero attached hydrogens (tertiary/aromatic N) is 1. The van der Waals surface area contributed by atoms with E-state index >= 15 is 0 Å². The van der Waals surface area contributed by atoms with Crippen molar-refractivity contribution in [3.05, 3.63) is 0 Å². The fourth-order valence-electron chi connectivity index (χ4n) is 2.11. The molecule has 0 aromatic heterocycles. The molecular weight excluding hydrogens is 178 g/mol. The molecule has 0 radical (unpaired) electrons. The molecule has 0 bridgehead atoms. The van der Waals surface area contributed by atoms with Gasteiger partial charge in [0.05, 0.1) is 12.5 Å². The topological polar surface area (TPSA) is 50.1 Å². The third-order valence-electron chi connectivity index (χ3n) is 2.79. The molecule has 0 aliphatic heterocycles. The lowest BCUT2D eigenvalue weighted by atomic mass is 9.84. The summed E-state index contributed by atoms with van der Waals surface area (Å²) in [6.45, 7) is 1.41. The first-order valence-electron chi connectivity index (χ1n) is 5.28. The maximum Gasteiger partial charge on any atom is 0.302 e. The summed E-state index contributed by atoms with van der Waals surface area (Å²) in [5.41, 5.74) is 0. The van der Waals surface area contributed by atoms with Crippen LogP contribution in [0.1, 0.15) is 45.4 Å². The third-order valence-corrected chi connectivity index (χ3v) is 2.79. The highest BCUT2D eigenvalue weighted by Crippen LogP contribution is 2.29. The van der Waals surface area contributed by atoms with Gasteiger partial charge in [0.15, 0.2) is 0 Å². The van der Waals surface area contributed by atoms with Gasteiger partial charge in [0.25, 0.3) is 0 Å². The number of nitriles is 1. The summed E-state index contributed by atoms with van der Waals surface area (Å²) < 4.78 is 5.17. The number of rotatable bonds is 3. The minimum Gasteiger partial charge on any atom is -0.461 e. The van der Waals surface area contributed by atoms with E-state index in [1.54, 1.807) is 0 Å². The highest BCUT2D eigenvalue weighted by molar-refractivity contribution is 5.66. The van der Waals surface area contributed by atoms with Gasteiger partial charge in [-0.2, -0.15) is 5.26 Å². The molecule has 0 spiro atoms. The van der Waals surface area contributed by atoms with Crippen LogP contribution in [0.25, 0.3) is 0 Å². The zero-order valence-corrected chi connectivity index (χ0v) is 8.66. The van der Waals surface area contributed by atoms with Crippen molar-refractivity contribution in [1.29, 1.82) is 5.26 Å². The Morgan fingerprint density at radius 3 is 2.64 bits per heavy atom. The minimum absolute atomic E-state index is 0.169. The Balaban J connectivity index is 2.47. The van der Waals surface area contributed by atoms with Gasteiger partial charge in [-0.05, 0) is 18.8 Å². The molecule has 3 nitrogen and oxygen atoms in total. The molecular formula is C11H17NO2. The molecule has 1 aliphatic carbocycles. The van der Waals surface area contributed by atoms with Crippen LogP contribution in [0.15, 0.2) is 0 Å². The van der Waals surface area contributed by atoms with Gasteiger partial charge in [-0.3, -0.25) is 4.79 Å². The van der Waals surface area contributed by atoms with E-state index in [9.17, 15) is 4.79 Å². The normalized spacial score (nSPS) is 19.7. The Hall–Kier alpha value is -1.04. The first-order chi connectivity index (χ1) is 6.74. The molecule has 14 heavy (non-hydrogen) atoms. The summed E-state index contributed by atoms with van der Waals surface area (Å²) in [5, 5.41) is 8.64. The largest absolute Gasteiger partial charge is 0.461 e. The summed E-state index contributed by atoms with van der Waals surface area (Å²) >= 11 is 0. The zero-order chi connectivity index (χ0) is 10.4. The van der Waals surface area contributed by atoms with Crippen LogP contribution in [-0.4, -0.2) is 12.1 Å². The SMILES string of the molecule is CC(=O)OC(CC#N)C1CCCCC1. The lowest BCUT2D eigenvalue weighted by Gasteiger charge is -2.28. The van der Waals surface area contributed by atoms with E-state index < -0.39 is 0 Å². The van der Waals surface area contributed by atoms with E-state index in [1.807, 2.05) is 0 Å². The summed E-state index contributed by atoms with van der Waals surface area (Å²) in [4.78, 5) is 10.8. The van der Waals surface area contributed by atoms with Gasteiger partial charge in [-0.1, -0.05) is 19.3 Å². The van der Waals surface area contributed by atoms with Crippen LogP contribution in [0, 0.1) is 17.2 Å². The number of carbonyl (C=O) groups excluding carboxylic acids is 1. The molecule has 0 aromatic carbocycles. The lowest BCUT2D eigenvalue weighted by Crippen LogP contribution is -2.27. The third kappa shape index (κ3) is 3.37. The van der Waals surface area contributed by atoms with Gasteiger partial charge in [0.1, 0.15) is 6.10 Å². The fourth-order valence-corrected chi connectivity index (χ4v) is 2.11. The Kier molecular flexibility index (Phi) is 4.45. The maximum atomic E-state index is 10.8. The molecule has 0 aromatic rings. The number of hydrogen-bond donors (Lipinski definition) is 0. The molecule has 1 atom stereocenters. The summed E-state index contributed by atoms with van der Waals surface area (Å²) in [6, 6.07) is 2.09. The maximum absolute atomic E-state index is 10.8. The molecule has 0 saturated heterocycles. The van der Waals surface area contributed by atoms with Crippen molar-refractivity contribution in [2.45, 2.75) is 51.6 Å². The molecule has 0 amide bonds. The molecule has 1 unspecified atom stereocenters. The first kappa shape index (κ1) is 11.0. The minimum atomic E-state index is -0.268. The van der Waals surface area contributed by atoms with E-state index in [4.69, 9.17) is 10.00 Å². The zero-order valence-electron chi connectivity index (χ0n) is 8.66. The lowest BCUT2D eigenvalue weighted by molar-refractivity contribution is -0.149. The summed E-state index contributed by atoms with van der Waals surface area (Å²) in [7, 11) is 0. The van der Waals surface area contributed by atoms with E-state index in [0.717, 1.165) is 12.8 Å². The van der Waals surface area contributed by atoms with Gasteiger partial charge in [0.2, 0.25) is 0 Å². The van der Waals surface area contributed by atoms with Crippen molar-refractivity contribution in [3.63, 3.8) is 0 Å². The van der Waals surface area contributed by atoms with Crippen LogP contribution in [-0.2, 0) is 9.53 Å². The van der Waals surface area contributed by atoms with E-state index in [-0.39, 0.29) is 12.1 Å². The van der Waals surface area contributed by atoms with Crippen LogP contribution >= 0.6 is 0 Å². The quantitative estimate of drug-likeness (QED) is 0.650. The van der Waals surface area contributed by atoms with Crippen molar-refractivity contribution < 1.29 is 9.53 Å². The van der Waals surface area contributed by atoms with Gasteiger partial charge in [-0.15, -0.1) is 0 Å². The Morgan fingerprint density at radius 1 is 1.50 bits per heavy atom. The predicted octanol–water partition coefficient (Wildman–Crippen LogP) is 2.41. The molecule has 1 rings (SSSR count).